The number of ether oxygens (including phenoxy) is 2. The van der Waals surface area contributed by atoms with E-state index < -0.39 is 11.9 Å². The predicted molar refractivity (Wildman–Crippen MR) is 87.1 cm³/mol. The molecule has 1 rings (SSSR count). The number of benzene rings is 1. The quantitative estimate of drug-likeness (QED) is 0.312. The van der Waals surface area contributed by atoms with Gasteiger partial charge in [0.15, 0.2) is 0 Å². The predicted octanol–water partition coefficient (Wildman–Crippen LogP) is 3.40. The van der Waals surface area contributed by atoms with E-state index in [1.165, 1.54) is 6.08 Å². The van der Waals surface area contributed by atoms with Crippen LogP contribution in [-0.4, -0.2) is 30.3 Å². The molecule has 22 heavy (non-hydrogen) atoms. The monoisotopic (exact) mass is 370 g/mol. The van der Waals surface area contributed by atoms with Crippen LogP contribution in [0.2, 0.25) is 0 Å². The average molecular weight is 371 g/mol. The van der Waals surface area contributed by atoms with Gasteiger partial charge in [-0.25, -0.2) is 4.79 Å². The highest BCUT2D eigenvalue weighted by atomic mass is 79.9. The summed E-state index contributed by atoms with van der Waals surface area (Å²) in [5, 5.41) is 9.23. The molecule has 5 nitrogen and oxygen atoms in total. The molecule has 1 N–H and O–H groups in total. The van der Waals surface area contributed by atoms with Crippen LogP contribution in [0.25, 0.3) is 6.08 Å². The molecule has 0 saturated carbocycles. The first-order valence-electron chi connectivity index (χ1n) is 6.95. The topological polar surface area (TPSA) is 72.8 Å². The van der Waals surface area contributed by atoms with Gasteiger partial charge in [-0.2, -0.15) is 0 Å². The molecule has 0 heterocycles. The minimum Gasteiger partial charge on any atom is -0.493 e. The molecule has 0 aliphatic heterocycles. The summed E-state index contributed by atoms with van der Waals surface area (Å²) in [5.74, 6) is -0.646. The third-order valence-corrected chi connectivity index (χ3v) is 3.37. The van der Waals surface area contributed by atoms with Crippen LogP contribution >= 0.6 is 15.9 Å². The van der Waals surface area contributed by atoms with E-state index in [0.717, 1.165) is 11.1 Å². The van der Waals surface area contributed by atoms with E-state index in [-0.39, 0.29) is 6.42 Å². The van der Waals surface area contributed by atoms with Crippen molar-refractivity contribution in [2.45, 2.75) is 25.1 Å². The first-order chi connectivity index (χ1) is 10.6. The Bertz CT molecular complexity index is 539. The van der Waals surface area contributed by atoms with Gasteiger partial charge in [0.2, 0.25) is 0 Å². The standard InChI is InChI=1S/C16H19BrO5/c1-2-21-16(20)9-8-13-12(11-17)5-3-6-14(13)22-10-4-7-15(18)19/h3,5-6,8-9H,2,4,7,10-11H2,1H3,(H,18,19)/b9-8+. The van der Waals surface area contributed by atoms with Crippen LogP contribution in [0.1, 0.15) is 30.9 Å². The van der Waals surface area contributed by atoms with Gasteiger partial charge in [-0.3, -0.25) is 4.79 Å². The minimum absolute atomic E-state index is 0.0616. The maximum Gasteiger partial charge on any atom is 0.330 e. The number of carbonyl (C=O) groups excluding carboxylic acids is 1. The fourth-order valence-corrected chi connectivity index (χ4v) is 2.26. The van der Waals surface area contributed by atoms with Crippen molar-refractivity contribution in [1.29, 1.82) is 0 Å². The summed E-state index contributed by atoms with van der Waals surface area (Å²) in [7, 11) is 0. The molecule has 0 unspecified atom stereocenters. The lowest BCUT2D eigenvalue weighted by Crippen LogP contribution is -2.04. The zero-order valence-electron chi connectivity index (χ0n) is 12.4. The van der Waals surface area contributed by atoms with Gasteiger partial charge in [0.05, 0.1) is 13.2 Å². The third-order valence-electron chi connectivity index (χ3n) is 2.77. The van der Waals surface area contributed by atoms with Crippen molar-refractivity contribution in [2.75, 3.05) is 13.2 Å². The summed E-state index contributed by atoms with van der Waals surface area (Å²) in [6.45, 7) is 2.37. The van der Waals surface area contributed by atoms with Crippen LogP contribution in [0.3, 0.4) is 0 Å². The van der Waals surface area contributed by atoms with Gasteiger partial charge in [-0.15, -0.1) is 0 Å². The number of rotatable bonds is 9. The Kier molecular flexibility index (Phi) is 8.28. The highest BCUT2D eigenvalue weighted by Gasteiger charge is 2.08. The first kappa shape index (κ1) is 18.2. The molecule has 0 aliphatic carbocycles. The van der Waals surface area contributed by atoms with Gasteiger partial charge in [-0.1, -0.05) is 28.1 Å². The minimum atomic E-state index is -0.847. The van der Waals surface area contributed by atoms with Crippen molar-refractivity contribution in [3.8, 4) is 5.75 Å². The summed E-state index contributed by atoms with van der Waals surface area (Å²) in [6, 6.07) is 5.56. The van der Waals surface area contributed by atoms with E-state index in [4.69, 9.17) is 14.6 Å². The zero-order chi connectivity index (χ0) is 16.4. The summed E-state index contributed by atoms with van der Waals surface area (Å²) in [4.78, 5) is 21.9. The van der Waals surface area contributed by atoms with Crippen LogP contribution in [0.15, 0.2) is 24.3 Å². The molecule has 0 aromatic heterocycles. The van der Waals surface area contributed by atoms with Crippen molar-refractivity contribution in [1.82, 2.24) is 0 Å². The lowest BCUT2D eigenvalue weighted by molar-refractivity contribution is -0.138. The molecule has 0 atom stereocenters. The molecule has 6 heteroatoms. The molecular weight excluding hydrogens is 352 g/mol. The molecule has 1 aromatic carbocycles. The zero-order valence-corrected chi connectivity index (χ0v) is 14.0. The Morgan fingerprint density at radius 2 is 2.14 bits per heavy atom. The third kappa shape index (κ3) is 6.30. The van der Waals surface area contributed by atoms with E-state index in [1.54, 1.807) is 19.1 Å². The second-order valence-electron chi connectivity index (χ2n) is 4.39. The fourth-order valence-electron chi connectivity index (χ4n) is 1.77. The van der Waals surface area contributed by atoms with Crippen LogP contribution in [0, 0.1) is 0 Å². The molecular formula is C16H19BrO5. The Balaban J connectivity index is 2.83. The number of carboxylic acids is 1. The summed E-state index contributed by atoms with van der Waals surface area (Å²) in [5.41, 5.74) is 1.75. The van der Waals surface area contributed by atoms with E-state index in [0.29, 0.717) is 30.7 Å². The summed E-state index contributed by atoms with van der Waals surface area (Å²) >= 11 is 3.40. The van der Waals surface area contributed by atoms with E-state index in [2.05, 4.69) is 15.9 Å². The normalized spacial score (nSPS) is 10.6. The van der Waals surface area contributed by atoms with Gasteiger partial charge in [0.1, 0.15) is 5.75 Å². The van der Waals surface area contributed by atoms with Gasteiger partial charge < -0.3 is 14.6 Å². The van der Waals surface area contributed by atoms with Crippen molar-refractivity contribution in [3.05, 3.63) is 35.4 Å². The number of hydrogen-bond acceptors (Lipinski definition) is 4. The van der Waals surface area contributed by atoms with Crippen molar-refractivity contribution >= 4 is 33.9 Å². The van der Waals surface area contributed by atoms with Crippen molar-refractivity contribution in [3.63, 3.8) is 0 Å². The van der Waals surface area contributed by atoms with Crippen LogP contribution in [0.4, 0.5) is 0 Å². The molecule has 120 valence electrons. The molecule has 0 spiro atoms. The molecule has 0 amide bonds. The van der Waals surface area contributed by atoms with Crippen LogP contribution in [0.5, 0.6) is 5.75 Å². The number of aliphatic carboxylic acids is 1. The number of carbonyl (C=O) groups is 2. The highest BCUT2D eigenvalue weighted by molar-refractivity contribution is 9.08. The maximum absolute atomic E-state index is 11.4. The SMILES string of the molecule is CCOC(=O)/C=C/c1c(CBr)cccc1OCCCC(=O)O. The van der Waals surface area contributed by atoms with Crippen LogP contribution in [-0.2, 0) is 19.7 Å². The number of esters is 1. The van der Waals surface area contributed by atoms with E-state index in [9.17, 15) is 9.59 Å². The van der Waals surface area contributed by atoms with Gasteiger partial charge in [0, 0.05) is 23.4 Å². The molecule has 1 aromatic rings. The second-order valence-corrected chi connectivity index (χ2v) is 4.95. The Morgan fingerprint density at radius 3 is 2.77 bits per heavy atom. The number of carboxylic acid groups (broad SMARTS) is 1. The van der Waals surface area contributed by atoms with Gasteiger partial charge >= 0.3 is 11.9 Å². The lowest BCUT2D eigenvalue weighted by Gasteiger charge is -2.12. The van der Waals surface area contributed by atoms with Gasteiger partial charge in [-0.05, 0) is 31.1 Å². The Labute approximate surface area is 138 Å². The lowest BCUT2D eigenvalue weighted by atomic mass is 10.1. The summed E-state index contributed by atoms with van der Waals surface area (Å²) in [6.07, 6.45) is 3.50. The molecule has 0 radical (unpaired) electrons. The van der Waals surface area contributed by atoms with Crippen LogP contribution < -0.4 is 4.74 Å². The largest absolute Gasteiger partial charge is 0.493 e. The van der Waals surface area contributed by atoms with Gasteiger partial charge in [0.25, 0.3) is 0 Å². The number of hydrogen-bond donors (Lipinski definition) is 1. The number of alkyl halides is 1. The van der Waals surface area contributed by atoms with E-state index in [1.807, 2.05) is 12.1 Å². The molecule has 0 saturated heterocycles. The molecule has 0 fully saturated rings. The first-order valence-corrected chi connectivity index (χ1v) is 8.08. The smallest absolute Gasteiger partial charge is 0.330 e. The molecule has 0 aliphatic rings. The van der Waals surface area contributed by atoms with Crippen molar-refractivity contribution < 1.29 is 24.2 Å². The highest BCUT2D eigenvalue weighted by Crippen LogP contribution is 2.26. The molecule has 0 bridgehead atoms. The summed E-state index contributed by atoms with van der Waals surface area (Å²) < 4.78 is 10.5. The van der Waals surface area contributed by atoms with Crippen molar-refractivity contribution in [2.24, 2.45) is 0 Å². The van der Waals surface area contributed by atoms with E-state index >= 15 is 0 Å². The fraction of sp³-hybridized carbons (Fsp3) is 0.375. The number of halogens is 1. The average Bonchev–Trinajstić information content (AvgIpc) is 2.49. The Hall–Kier alpha value is -1.82. The second kappa shape index (κ2) is 10.00. The maximum atomic E-state index is 11.4. The Morgan fingerprint density at radius 1 is 1.36 bits per heavy atom.